The Morgan fingerprint density at radius 2 is 1.95 bits per heavy atom. The van der Waals surface area contributed by atoms with Gasteiger partial charge in [0, 0.05) is 43.4 Å². The zero-order chi connectivity index (χ0) is 14.4. The number of likely N-dealkylation sites (N-methyl/N-ethyl adjacent to an activating group) is 1. The van der Waals surface area contributed by atoms with Gasteiger partial charge in [0.25, 0.3) is 0 Å². The average Bonchev–Trinajstić information content (AvgIpc) is 2.53. The van der Waals surface area contributed by atoms with E-state index in [2.05, 4.69) is 53.0 Å². The molecule has 1 fully saturated rings. The lowest BCUT2D eigenvalue weighted by molar-refractivity contribution is 0.455. The first-order valence-corrected chi connectivity index (χ1v) is 8.24. The van der Waals surface area contributed by atoms with E-state index in [0.717, 1.165) is 31.1 Å². The van der Waals surface area contributed by atoms with Gasteiger partial charge in [0.15, 0.2) is 5.96 Å². The lowest BCUT2D eigenvalue weighted by Gasteiger charge is -2.29. The minimum Gasteiger partial charge on any atom is -0.370 e. The molecule has 2 N–H and O–H groups in total. The third kappa shape index (κ3) is 5.58. The van der Waals surface area contributed by atoms with E-state index in [9.17, 15) is 0 Å². The summed E-state index contributed by atoms with van der Waals surface area (Å²) in [5, 5.41) is 0. The predicted molar refractivity (Wildman–Crippen MR) is 105 cm³/mol. The van der Waals surface area contributed by atoms with Crippen molar-refractivity contribution in [3.05, 3.63) is 30.3 Å². The molecule has 1 aromatic carbocycles. The lowest BCUT2D eigenvalue weighted by Crippen LogP contribution is -2.43. The maximum atomic E-state index is 6.08. The molecule has 0 radical (unpaired) electrons. The number of rotatable bonds is 4. The Morgan fingerprint density at radius 3 is 2.57 bits per heavy atom. The van der Waals surface area contributed by atoms with Gasteiger partial charge >= 0.3 is 0 Å². The Bertz CT molecular complexity index is 435. The van der Waals surface area contributed by atoms with Crippen molar-refractivity contribution < 1.29 is 0 Å². The van der Waals surface area contributed by atoms with Gasteiger partial charge in [-0.1, -0.05) is 18.2 Å². The minimum absolute atomic E-state index is 0. The van der Waals surface area contributed by atoms with E-state index in [4.69, 9.17) is 5.73 Å². The molecule has 1 aliphatic heterocycles. The molecular weight excluding hydrogens is 395 g/mol. The monoisotopic (exact) mass is 420 g/mol. The number of guanidine groups is 1. The van der Waals surface area contributed by atoms with Gasteiger partial charge in [-0.3, -0.25) is 4.99 Å². The van der Waals surface area contributed by atoms with Crippen LogP contribution < -0.4 is 10.6 Å². The summed E-state index contributed by atoms with van der Waals surface area (Å²) >= 11 is 1.98. The van der Waals surface area contributed by atoms with E-state index in [-0.39, 0.29) is 24.0 Å². The summed E-state index contributed by atoms with van der Waals surface area (Å²) in [5.41, 5.74) is 7.29. The number of hydrogen-bond donors (Lipinski definition) is 1. The van der Waals surface area contributed by atoms with Crippen LogP contribution in [-0.2, 0) is 0 Å². The highest BCUT2D eigenvalue weighted by atomic mass is 127. The van der Waals surface area contributed by atoms with Gasteiger partial charge in [-0.2, -0.15) is 11.8 Å². The van der Waals surface area contributed by atoms with Crippen LogP contribution in [0.15, 0.2) is 35.3 Å². The largest absolute Gasteiger partial charge is 0.370 e. The van der Waals surface area contributed by atoms with E-state index >= 15 is 0 Å². The van der Waals surface area contributed by atoms with Crippen LogP contribution in [0.25, 0.3) is 0 Å². The second kappa shape index (κ2) is 9.40. The Kier molecular flexibility index (Phi) is 8.24. The number of nitrogens with zero attached hydrogens (tertiary/aromatic N) is 3. The topological polar surface area (TPSA) is 44.9 Å². The van der Waals surface area contributed by atoms with Crippen LogP contribution in [0, 0.1) is 0 Å². The normalized spacial score (nSPS) is 17.0. The lowest BCUT2D eigenvalue weighted by atomic mass is 10.2. The fourth-order valence-electron chi connectivity index (χ4n) is 2.16. The second-order valence-corrected chi connectivity index (χ2v) is 6.32. The van der Waals surface area contributed by atoms with Crippen LogP contribution in [-0.4, -0.2) is 55.1 Å². The molecule has 6 heteroatoms. The first-order valence-electron chi connectivity index (χ1n) is 7.09. The van der Waals surface area contributed by atoms with Crippen molar-refractivity contribution in [1.82, 2.24) is 4.90 Å². The third-order valence-corrected chi connectivity index (χ3v) is 4.62. The van der Waals surface area contributed by atoms with E-state index in [1.165, 1.54) is 5.69 Å². The van der Waals surface area contributed by atoms with Crippen LogP contribution in [0.3, 0.4) is 0 Å². The molecule has 118 valence electrons. The number of nitrogens with two attached hydrogens (primary N) is 1. The fourth-order valence-corrected chi connectivity index (χ4v) is 3.06. The Morgan fingerprint density at radius 1 is 1.33 bits per heavy atom. The molecule has 1 heterocycles. The van der Waals surface area contributed by atoms with Gasteiger partial charge in [-0.25, -0.2) is 0 Å². The molecule has 1 aromatic rings. The molecule has 2 rings (SSSR count). The van der Waals surface area contributed by atoms with Crippen LogP contribution >= 0.6 is 35.7 Å². The van der Waals surface area contributed by atoms with Crippen molar-refractivity contribution in [2.45, 2.75) is 13.0 Å². The third-order valence-electron chi connectivity index (χ3n) is 3.68. The highest BCUT2D eigenvalue weighted by Crippen LogP contribution is 2.14. The van der Waals surface area contributed by atoms with Crippen molar-refractivity contribution >= 4 is 47.4 Å². The average molecular weight is 420 g/mol. The summed E-state index contributed by atoms with van der Waals surface area (Å²) in [6.07, 6.45) is 0. The number of hydrogen-bond acceptors (Lipinski definition) is 3. The zero-order valence-corrected chi connectivity index (χ0v) is 15.9. The Labute approximate surface area is 149 Å². The molecule has 1 saturated heterocycles. The van der Waals surface area contributed by atoms with Crippen LogP contribution in [0.4, 0.5) is 5.69 Å². The van der Waals surface area contributed by atoms with Gasteiger partial charge in [0.05, 0.1) is 6.54 Å². The predicted octanol–water partition coefficient (Wildman–Crippen LogP) is 2.49. The second-order valence-electron chi connectivity index (χ2n) is 5.09. The number of halogens is 1. The van der Waals surface area contributed by atoms with Crippen molar-refractivity contribution in [2.75, 3.05) is 43.1 Å². The van der Waals surface area contributed by atoms with Gasteiger partial charge in [0.1, 0.15) is 0 Å². The van der Waals surface area contributed by atoms with Crippen LogP contribution in [0.2, 0.25) is 0 Å². The van der Waals surface area contributed by atoms with E-state index in [0.29, 0.717) is 12.0 Å². The number of thioether (sulfide) groups is 1. The number of benzene rings is 1. The summed E-state index contributed by atoms with van der Waals surface area (Å²) in [6, 6.07) is 10.7. The first kappa shape index (κ1) is 18.4. The first-order chi connectivity index (χ1) is 9.68. The van der Waals surface area contributed by atoms with Gasteiger partial charge in [0.2, 0.25) is 0 Å². The Hall–Kier alpha value is -0.630. The number of aliphatic imine (C=N–C) groups is 1. The SMILES string of the molecule is CC(CN=C(N)N1CCSCC1)N(C)c1ccccc1.I. The molecule has 0 saturated carbocycles. The molecule has 0 spiro atoms. The number of para-hydroxylation sites is 1. The molecule has 1 aliphatic rings. The van der Waals surface area contributed by atoms with Crippen molar-refractivity contribution in [2.24, 2.45) is 10.7 Å². The highest BCUT2D eigenvalue weighted by Gasteiger charge is 2.13. The van der Waals surface area contributed by atoms with Crippen LogP contribution in [0.5, 0.6) is 0 Å². The molecule has 0 aliphatic carbocycles. The van der Waals surface area contributed by atoms with Crippen molar-refractivity contribution in [1.29, 1.82) is 0 Å². The van der Waals surface area contributed by atoms with Gasteiger partial charge < -0.3 is 15.5 Å². The molecule has 0 bridgehead atoms. The van der Waals surface area contributed by atoms with E-state index < -0.39 is 0 Å². The maximum absolute atomic E-state index is 6.08. The molecule has 0 aromatic heterocycles. The highest BCUT2D eigenvalue weighted by molar-refractivity contribution is 14.0. The van der Waals surface area contributed by atoms with E-state index in [1.54, 1.807) is 0 Å². The number of anilines is 1. The van der Waals surface area contributed by atoms with E-state index in [1.807, 2.05) is 17.8 Å². The van der Waals surface area contributed by atoms with Gasteiger partial charge in [-0.15, -0.1) is 24.0 Å². The molecule has 1 atom stereocenters. The summed E-state index contributed by atoms with van der Waals surface area (Å²) in [6.45, 7) is 4.93. The molecule has 1 unspecified atom stereocenters. The standard InChI is InChI=1S/C15H24N4S.HI/c1-13(18(2)14-6-4-3-5-7-14)12-17-15(16)19-8-10-20-11-9-19;/h3-7,13H,8-12H2,1-2H3,(H2,16,17);1H. The Balaban J connectivity index is 0.00000220. The van der Waals surface area contributed by atoms with Crippen molar-refractivity contribution in [3.63, 3.8) is 0 Å². The summed E-state index contributed by atoms with van der Waals surface area (Å²) in [5.74, 6) is 2.99. The molecule has 0 amide bonds. The van der Waals surface area contributed by atoms with Crippen molar-refractivity contribution in [3.8, 4) is 0 Å². The zero-order valence-electron chi connectivity index (χ0n) is 12.7. The molecule has 4 nitrogen and oxygen atoms in total. The van der Waals surface area contributed by atoms with Gasteiger partial charge in [-0.05, 0) is 19.1 Å². The van der Waals surface area contributed by atoms with Crippen LogP contribution in [0.1, 0.15) is 6.92 Å². The minimum atomic E-state index is 0. The quantitative estimate of drug-likeness (QED) is 0.462. The smallest absolute Gasteiger partial charge is 0.191 e. The molecular formula is C15H25IN4S. The summed E-state index contributed by atoms with van der Waals surface area (Å²) < 4.78 is 0. The maximum Gasteiger partial charge on any atom is 0.191 e. The summed E-state index contributed by atoms with van der Waals surface area (Å²) in [4.78, 5) is 8.99. The fraction of sp³-hybridized carbons (Fsp3) is 0.533. The molecule has 21 heavy (non-hydrogen) atoms. The summed E-state index contributed by atoms with van der Waals surface area (Å²) in [7, 11) is 2.10.